The van der Waals surface area contributed by atoms with E-state index < -0.39 is 0 Å². The normalized spacial score (nSPS) is 12.4. The van der Waals surface area contributed by atoms with Crippen LogP contribution >= 0.6 is 15.9 Å². The number of hydrogen-bond acceptors (Lipinski definition) is 1. The molecular formula is C16H18BrN. The summed E-state index contributed by atoms with van der Waals surface area (Å²) in [6, 6.07) is 15.3. The van der Waals surface area contributed by atoms with Crippen LogP contribution in [0.15, 0.2) is 46.9 Å². The van der Waals surface area contributed by atoms with Gasteiger partial charge in [-0.2, -0.15) is 0 Å². The minimum Gasteiger partial charge on any atom is -0.309 e. The van der Waals surface area contributed by atoms with Crippen molar-refractivity contribution in [1.82, 2.24) is 5.32 Å². The Hall–Kier alpha value is -1.12. The van der Waals surface area contributed by atoms with Gasteiger partial charge in [-0.1, -0.05) is 57.9 Å². The van der Waals surface area contributed by atoms with Gasteiger partial charge in [-0.15, -0.1) is 0 Å². The lowest BCUT2D eigenvalue weighted by molar-refractivity contribution is 0.686. The average molecular weight is 304 g/mol. The summed E-state index contributed by atoms with van der Waals surface area (Å²) in [5.74, 6) is 0. The van der Waals surface area contributed by atoms with Gasteiger partial charge in [0.1, 0.15) is 0 Å². The lowest BCUT2D eigenvalue weighted by Crippen LogP contribution is -2.18. The highest BCUT2D eigenvalue weighted by Gasteiger charge is 2.15. The molecule has 94 valence electrons. The van der Waals surface area contributed by atoms with E-state index in [1.165, 1.54) is 22.3 Å². The minimum absolute atomic E-state index is 0.238. The second kappa shape index (κ2) is 5.68. The van der Waals surface area contributed by atoms with Crippen LogP contribution < -0.4 is 5.32 Å². The highest BCUT2D eigenvalue weighted by molar-refractivity contribution is 9.10. The summed E-state index contributed by atoms with van der Waals surface area (Å²) in [6.07, 6.45) is 0. The summed E-state index contributed by atoms with van der Waals surface area (Å²) < 4.78 is 1.16. The topological polar surface area (TPSA) is 12.0 Å². The standard InChI is InChI=1S/C16H18BrN/c1-11-6-4-7-13(10-11)16(18-3)14-8-5-9-15(17)12(14)2/h4-10,16,18H,1-3H3. The van der Waals surface area contributed by atoms with E-state index in [9.17, 15) is 0 Å². The highest BCUT2D eigenvalue weighted by atomic mass is 79.9. The highest BCUT2D eigenvalue weighted by Crippen LogP contribution is 2.29. The zero-order valence-electron chi connectivity index (χ0n) is 11.0. The van der Waals surface area contributed by atoms with Crippen LogP contribution in [-0.2, 0) is 0 Å². The van der Waals surface area contributed by atoms with E-state index in [1.54, 1.807) is 0 Å². The second-order valence-electron chi connectivity index (χ2n) is 4.59. The van der Waals surface area contributed by atoms with Gasteiger partial charge in [0.2, 0.25) is 0 Å². The van der Waals surface area contributed by atoms with E-state index in [0.717, 1.165) is 4.47 Å². The van der Waals surface area contributed by atoms with Crippen molar-refractivity contribution in [3.05, 3.63) is 69.2 Å². The van der Waals surface area contributed by atoms with Crippen molar-refractivity contribution in [2.45, 2.75) is 19.9 Å². The zero-order chi connectivity index (χ0) is 13.1. The fourth-order valence-corrected chi connectivity index (χ4v) is 2.67. The van der Waals surface area contributed by atoms with Crippen molar-refractivity contribution in [3.63, 3.8) is 0 Å². The van der Waals surface area contributed by atoms with Crippen LogP contribution in [0.3, 0.4) is 0 Å². The Labute approximate surface area is 117 Å². The largest absolute Gasteiger partial charge is 0.309 e. The van der Waals surface area contributed by atoms with E-state index in [4.69, 9.17) is 0 Å². The van der Waals surface area contributed by atoms with E-state index in [0.29, 0.717) is 0 Å². The minimum atomic E-state index is 0.238. The molecule has 2 heteroatoms. The summed E-state index contributed by atoms with van der Waals surface area (Å²) in [5, 5.41) is 3.41. The molecule has 0 bridgehead atoms. The van der Waals surface area contributed by atoms with E-state index >= 15 is 0 Å². The molecule has 0 fully saturated rings. The summed E-state index contributed by atoms with van der Waals surface area (Å²) in [6.45, 7) is 4.28. The predicted molar refractivity (Wildman–Crippen MR) is 81.0 cm³/mol. The van der Waals surface area contributed by atoms with Crippen molar-refractivity contribution in [2.75, 3.05) is 7.05 Å². The van der Waals surface area contributed by atoms with Crippen molar-refractivity contribution in [2.24, 2.45) is 0 Å². The van der Waals surface area contributed by atoms with Crippen molar-refractivity contribution in [1.29, 1.82) is 0 Å². The lowest BCUT2D eigenvalue weighted by Gasteiger charge is -2.20. The van der Waals surface area contributed by atoms with Crippen LogP contribution in [-0.4, -0.2) is 7.05 Å². The Balaban J connectivity index is 2.49. The lowest BCUT2D eigenvalue weighted by atomic mass is 9.94. The van der Waals surface area contributed by atoms with Gasteiger partial charge in [0, 0.05) is 4.47 Å². The third kappa shape index (κ3) is 2.65. The molecule has 1 atom stereocenters. The fraction of sp³-hybridized carbons (Fsp3) is 0.250. The molecule has 0 radical (unpaired) electrons. The maximum atomic E-state index is 3.60. The number of nitrogens with one attached hydrogen (secondary N) is 1. The molecule has 0 aromatic heterocycles. The number of aryl methyl sites for hydroxylation is 1. The first kappa shape index (κ1) is 13.3. The number of hydrogen-bond donors (Lipinski definition) is 1. The Morgan fingerprint density at radius 3 is 2.44 bits per heavy atom. The van der Waals surface area contributed by atoms with Crippen LogP contribution in [0.1, 0.15) is 28.3 Å². The first-order chi connectivity index (χ1) is 8.63. The van der Waals surface area contributed by atoms with E-state index in [2.05, 4.69) is 77.6 Å². The van der Waals surface area contributed by atoms with Crippen LogP contribution in [0.4, 0.5) is 0 Å². The molecule has 1 N–H and O–H groups in total. The van der Waals surface area contributed by atoms with E-state index in [1.807, 2.05) is 7.05 Å². The van der Waals surface area contributed by atoms with Gasteiger partial charge in [-0.3, -0.25) is 0 Å². The maximum Gasteiger partial charge on any atom is 0.0577 e. The summed E-state index contributed by atoms with van der Waals surface area (Å²) in [7, 11) is 2.01. The van der Waals surface area contributed by atoms with Crippen molar-refractivity contribution in [3.8, 4) is 0 Å². The Kier molecular flexibility index (Phi) is 4.20. The molecule has 18 heavy (non-hydrogen) atoms. The molecule has 0 amide bonds. The van der Waals surface area contributed by atoms with Gasteiger partial charge >= 0.3 is 0 Å². The molecule has 0 spiro atoms. The van der Waals surface area contributed by atoms with Crippen LogP contribution in [0, 0.1) is 13.8 Å². The Morgan fingerprint density at radius 1 is 1.06 bits per heavy atom. The molecule has 0 aliphatic carbocycles. The molecule has 1 nitrogen and oxygen atoms in total. The average Bonchev–Trinajstić information content (AvgIpc) is 2.35. The first-order valence-corrected chi connectivity index (χ1v) is 6.91. The van der Waals surface area contributed by atoms with Crippen molar-refractivity contribution < 1.29 is 0 Å². The number of rotatable bonds is 3. The maximum absolute atomic E-state index is 3.60. The summed E-state index contributed by atoms with van der Waals surface area (Å²) >= 11 is 3.60. The molecule has 0 saturated heterocycles. The summed E-state index contributed by atoms with van der Waals surface area (Å²) in [5.41, 5.74) is 5.20. The third-order valence-electron chi connectivity index (χ3n) is 3.28. The van der Waals surface area contributed by atoms with Crippen molar-refractivity contribution >= 4 is 15.9 Å². The monoisotopic (exact) mass is 303 g/mol. The Bertz CT molecular complexity index is 549. The van der Waals surface area contributed by atoms with Gasteiger partial charge in [-0.05, 0) is 43.7 Å². The predicted octanol–water partition coefficient (Wildman–Crippen LogP) is 4.37. The third-order valence-corrected chi connectivity index (χ3v) is 4.14. The molecule has 0 saturated carbocycles. The van der Waals surface area contributed by atoms with Gasteiger partial charge in [0.05, 0.1) is 6.04 Å². The Morgan fingerprint density at radius 2 is 1.78 bits per heavy atom. The van der Waals surface area contributed by atoms with Crippen LogP contribution in [0.2, 0.25) is 0 Å². The zero-order valence-corrected chi connectivity index (χ0v) is 12.6. The van der Waals surface area contributed by atoms with Crippen LogP contribution in [0.5, 0.6) is 0 Å². The first-order valence-electron chi connectivity index (χ1n) is 6.12. The number of benzene rings is 2. The van der Waals surface area contributed by atoms with Gasteiger partial charge in [-0.25, -0.2) is 0 Å². The van der Waals surface area contributed by atoms with Gasteiger partial charge < -0.3 is 5.32 Å². The fourth-order valence-electron chi connectivity index (χ4n) is 2.29. The number of halogens is 1. The second-order valence-corrected chi connectivity index (χ2v) is 5.44. The molecule has 2 aromatic carbocycles. The van der Waals surface area contributed by atoms with E-state index in [-0.39, 0.29) is 6.04 Å². The van der Waals surface area contributed by atoms with Gasteiger partial charge in [0.15, 0.2) is 0 Å². The molecule has 2 rings (SSSR count). The SMILES string of the molecule is CNC(c1cccc(C)c1)c1cccc(Br)c1C. The molecule has 0 aliphatic heterocycles. The summed E-state index contributed by atoms with van der Waals surface area (Å²) in [4.78, 5) is 0. The molecule has 1 unspecified atom stereocenters. The van der Waals surface area contributed by atoms with Gasteiger partial charge in [0.25, 0.3) is 0 Å². The smallest absolute Gasteiger partial charge is 0.0577 e. The molecular weight excluding hydrogens is 286 g/mol. The molecule has 0 aliphatic rings. The molecule has 0 heterocycles. The quantitative estimate of drug-likeness (QED) is 0.887. The molecule has 2 aromatic rings. The van der Waals surface area contributed by atoms with Crippen LogP contribution in [0.25, 0.3) is 0 Å².